The molecule has 2 N–H and O–H groups in total. The Bertz CT molecular complexity index is 588. The number of nitrogens with zero attached hydrogens (tertiary/aromatic N) is 3. The number of halogens is 2. The predicted molar refractivity (Wildman–Crippen MR) is 70.2 cm³/mol. The Morgan fingerprint density at radius 1 is 1.10 bits per heavy atom. The molecule has 0 aliphatic carbocycles. The number of anilines is 3. The minimum absolute atomic E-state index is 0.0169. The summed E-state index contributed by atoms with van der Waals surface area (Å²) in [5, 5.41) is 5.19. The van der Waals surface area contributed by atoms with Crippen LogP contribution in [0.5, 0.6) is 6.01 Å². The number of hydrogen-bond donors (Lipinski definition) is 2. The maximum Gasteiger partial charge on any atom is 0.323 e. The predicted octanol–water partition coefficient (Wildman–Crippen LogP) is 2.33. The fourth-order valence-electron chi connectivity index (χ4n) is 1.45. The van der Waals surface area contributed by atoms with Gasteiger partial charge in [0.25, 0.3) is 0 Å². The number of benzene rings is 1. The smallest absolute Gasteiger partial charge is 0.323 e. The van der Waals surface area contributed by atoms with E-state index in [0.717, 1.165) is 12.1 Å². The van der Waals surface area contributed by atoms with Gasteiger partial charge in [-0.15, -0.1) is 0 Å². The molecule has 1 aromatic heterocycles. The highest BCUT2D eigenvalue weighted by Crippen LogP contribution is 2.22. The van der Waals surface area contributed by atoms with E-state index in [0.29, 0.717) is 6.61 Å². The van der Waals surface area contributed by atoms with Gasteiger partial charge in [0.15, 0.2) is 0 Å². The average molecular weight is 281 g/mol. The molecule has 1 aromatic carbocycles. The maximum absolute atomic E-state index is 13.5. The maximum atomic E-state index is 13.5. The van der Waals surface area contributed by atoms with Crippen molar-refractivity contribution < 1.29 is 13.5 Å². The lowest BCUT2D eigenvalue weighted by Gasteiger charge is -2.09. The first-order valence-electron chi connectivity index (χ1n) is 5.91. The number of rotatable bonds is 5. The minimum Gasteiger partial charge on any atom is -0.464 e. The van der Waals surface area contributed by atoms with Crippen LogP contribution in [-0.4, -0.2) is 28.6 Å². The van der Waals surface area contributed by atoms with Gasteiger partial charge in [-0.05, 0) is 19.1 Å². The Hall–Kier alpha value is -2.51. The molecular formula is C12H13F2N5O. The van der Waals surface area contributed by atoms with E-state index in [1.54, 1.807) is 14.0 Å². The number of nitrogens with one attached hydrogen (secondary N) is 2. The highest BCUT2D eigenvalue weighted by Gasteiger charge is 2.12. The molecule has 0 bridgehead atoms. The third-order valence-electron chi connectivity index (χ3n) is 2.31. The first-order chi connectivity index (χ1) is 9.63. The van der Waals surface area contributed by atoms with Crippen molar-refractivity contribution in [3.63, 3.8) is 0 Å². The van der Waals surface area contributed by atoms with Crippen molar-refractivity contribution in [3.05, 3.63) is 29.8 Å². The van der Waals surface area contributed by atoms with Crippen molar-refractivity contribution in [1.82, 2.24) is 15.0 Å². The van der Waals surface area contributed by atoms with Crippen LogP contribution in [0.25, 0.3) is 0 Å². The Morgan fingerprint density at radius 3 is 2.35 bits per heavy atom. The molecule has 106 valence electrons. The molecule has 2 rings (SSSR count). The Labute approximate surface area is 114 Å². The lowest BCUT2D eigenvalue weighted by atomic mass is 10.3. The monoisotopic (exact) mass is 281 g/mol. The largest absolute Gasteiger partial charge is 0.464 e. The van der Waals surface area contributed by atoms with Gasteiger partial charge < -0.3 is 15.4 Å². The summed E-state index contributed by atoms with van der Waals surface area (Å²) in [5.74, 6) is -1.27. The molecule has 0 saturated heterocycles. The highest BCUT2D eigenvalue weighted by atomic mass is 19.1. The van der Waals surface area contributed by atoms with Crippen molar-refractivity contribution >= 4 is 17.6 Å². The van der Waals surface area contributed by atoms with Gasteiger partial charge in [0.2, 0.25) is 11.9 Å². The SMILES string of the molecule is CCOc1nc(NC)nc(Nc2c(F)cccc2F)n1. The highest BCUT2D eigenvalue weighted by molar-refractivity contribution is 5.56. The Kier molecular flexibility index (Phi) is 4.24. The summed E-state index contributed by atoms with van der Waals surface area (Å²) in [4.78, 5) is 11.8. The average Bonchev–Trinajstić information content (AvgIpc) is 2.43. The summed E-state index contributed by atoms with van der Waals surface area (Å²) < 4.78 is 32.3. The van der Waals surface area contributed by atoms with Gasteiger partial charge in [0.05, 0.1) is 6.61 Å². The number of ether oxygens (including phenoxy) is 1. The molecule has 0 saturated carbocycles. The molecule has 0 spiro atoms. The van der Waals surface area contributed by atoms with E-state index in [-0.39, 0.29) is 23.6 Å². The summed E-state index contributed by atoms with van der Waals surface area (Å²) in [7, 11) is 1.61. The van der Waals surface area contributed by atoms with Gasteiger partial charge in [0, 0.05) is 7.05 Å². The lowest BCUT2D eigenvalue weighted by molar-refractivity contribution is 0.312. The number of aromatic nitrogens is 3. The third kappa shape index (κ3) is 3.08. The molecular weight excluding hydrogens is 268 g/mol. The van der Waals surface area contributed by atoms with Crippen LogP contribution >= 0.6 is 0 Å². The topological polar surface area (TPSA) is 72.0 Å². The van der Waals surface area contributed by atoms with Gasteiger partial charge in [-0.25, -0.2) is 8.78 Å². The second-order valence-corrected chi connectivity index (χ2v) is 3.67. The van der Waals surface area contributed by atoms with Crippen LogP contribution in [0, 0.1) is 11.6 Å². The quantitative estimate of drug-likeness (QED) is 0.876. The molecule has 0 fully saturated rings. The van der Waals surface area contributed by atoms with Gasteiger partial charge in [-0.1, -0.05) is 6.07 Å². The standard InChI is InChI=1S/C12H13F2N5O/c1-3-20-12-18-10(15-2)17-11(19-12)16-9-7(13)5-4-6-8(9)14/h4-6H,3H2,1-2H3,(H2,15,16,17,18,19). The van der Waals surface area contributed by atoms with E-state index in [9.17, 15) is 8.78 Å². The minimum atomic E-state index is -0.741. The van der Waals surface area contributed by atoms with Crippen LogP contribution in [-0.2, 0) is 0 Å². The second kappa shape index (κ2) is 6.09. The summed E-state index contributed by atoms with van der Waals surface area (Å²) in [6.45, 7) is 2.13. The first kappa shape index (κ1) is 13.9. The molecule has 20 heavy (non-hydrogen) atoms. The summed E-state index contributed by atoms with van der Waals surface area (Å²) in [5.41, 5.74) is -0.330. The molecule has 0 radical (unpaired) electrons. The van der Waals surface area contributed by atoms with Crippen LogP contribution in [0.3, 0.4) is 0 Å². The zero-order valence-corrected chi connectivity index (χ0v) is 10.9. The lowest BCUT2D eigenvalue weighted by Crippen LogP contribution is -2.08. The van der Waals surface area contributed by atoms with E-state index in [4.69, 9.17) is 4.74 Å². The summed E-state index contributed by atoms with van der Waals surface area (Å²) in [6, 6.07) is 3.60. The molecule has 0 atom stereocenters. The van der Waals surface area contributed by atoms with E-state index < -0.39 is 11.6 Å². The van der Waals surface area contributed by atoms with Crippen LogP contribution in [0.2, 0.25) is 0 Å². The van der Waals surface area contributed by atoms with E-state index in [1.807, 2.05) is 0 Å². The first-order valence-corrected chi connectivity index (χ1v) is 5.91. The molecule has 0 aliphatic rings. The van der Waals surface area contributed by atoms with Gasteiger partial charge >= 0.3 is 6.01 Å². The van der Waals surface area contributed by atoms with Crippen LogP contribution in [0.15, 0.2) is 18.2 Å². The van der Waals surface area contributed by atoms with Crippen molar-refractivity contribution in [2.75, 3.05) is 24.3 Å². The van der Waals surface area contributed by atoms with E-state index in [2.05, 4.69) is 25.6 Å². The molecule has 8 heteroatoms. The van der Waals surface area contributed by atoms with Crippen molar-refractivity contribution in [1.29, 1.82) is 0 Å². The van der Waals surface area contributed by atoms with Crippen molar-refractivity contribution in [2.45, 2.75) is 6.92 Å². The van der Waals surface area contributed by atoms with Crippen LogP contribution in [0.1, 0.15) is 6.92 Å². The normalized spacial score (nSPS) is 10.2. The zero-order chi connectivity index (χ0) is 14.5. The summed E-state index contributed by atoms with van der Waals surface area (Å²) in [6.07, 6.45) is 0. The molecule has 0 aliphatic heterocycles. The Morgan fingerprint density at radius 2 is 1.75 bits per heavy atom. The van der Waals surface area contributed by atoms with Gasteiger partial charge in [0.1, 0.15) is 17.3 Å². The summed E-state index contributed by atoms with van der Waals surface area (Å²) >= 11 is 0. The van der Waals surface area contributed by atoms with E-state index in [1.165, 1.54) is 6.07 Å². The van der Waals surface area contributed by atoms with Gasteiger partial charge in [-0.3, -0.25) is 0 Å². The third-order valence-corrected chi connectivity index (χ3v) is 2.31. The fourth-order valence-corrected chi connectivity index (χ4v) is 1.45. The van der Waals surface area contributed by atoms with Crippen molar-refractivity contribution in [3.8, 4) is 6.01 Å². The van der Waals surface area contributed by atoms with Crippen molar-refractivity contribution in [2.24, 2.45) is 0 Å². The zero-order valence-electron chi connectivity index (χ0n) is 10.9. The molecule has 0 unspecified atom stereocenters. The Balaban J connectivity index is 2.35. The second-order valence-electron chi connectivity index (χ2n) is 3.67. The number of para-hydroxylation sites is 1. The fraction of sp³-hybridized carbons (Fsp3) is 0.250. The molecule has 0 amide bonds. The van der Waals surface area contributed by atoms with E-state index >= 15 is 0 Å². The molecule has 1 heterocycles. The van der Waals surface area contributed by atoms with Crippen LogP contribution < -0.4 is 15.4 Å². The molecule has 6 nitrogen and oxygen atoms in total. The molecule has 2 aromatic rings. The van der Waals surface area contributed by atoms with Gasteiger partial charge in [-0.2, -0.15) is 15.0 Å². The number of hydrogen-bond acceptors (Lipinski definition) is 6. The van der Waals surface area contributed by atoms with Crippen LogP contribution in [0.4, 0.5) is 26.4 Å².